The fourth-order valence-corrected chi connectivity index (χ4v) is 1.42. The highest BCUT2D eigenvalue weighted by atomic mass is 79.9. The van der Waals surface area contributed by atoms with Crippen LogP contribution in [0.5, 0.6) is 0 Å². The van der Waals surface area contributed by atoms with Gasteiger partial charge in [-0.1, -0.05) is 39.7 Å². The van der Waals surface area contributed by atoms with Gasteiger partial charge in [-0.15, -0.1) is 0 Å². The number of benzene rings is 1. The molecule has 0 aliphatic heterocycles. The summed E-state index contributed by atoms with van der Waals surface area (Å²) in [4.78, 5) is 10.5. The van der Waals surface area contributed by atoms with Gasteiger partial charge in [-0.2, -0.15) is 0 Å². The molecular formula is C10H8BrClO. The Hall–Kier alpha value is -0.600. The molecule has 68 valence electrons. The molecule has 0 heterocycles. The van der Waals surface area contributed by atoms with Crippen molar-refractivity contribution in [2.45, 2.75) is 0 Å². The fourth-order valence-electron chi connectivity index (χ4n) is 0.981. The van der Waals surface area contributed by atoms with Crippen molar-refractivity contribution in [1.82, 2.24) is 0 Å². The summed E-state index contributed by atoms with van der Waals surface area (Å²) >= 11 is 9.07. The number of halogens is 2. The molecule has 3 heteroatoms. The molecule has 0 bridgehead atoms. The third-order valence-corrected chi connectivity index (χ3v) is 2.07. The molecule has 0 unspecified atom stereocenters. The predicted molar refractivity (Wildman–Crippen MR) is 59.7 cm³/mol. The van der Waals surface area contributed by atoms with E-state index in [4.69, 9.17) is 11.6 Å². The summed E-state index contributed by atoms with van der Waals surface area (Å²) in [5.41, 5.74) is 1.54. The minimum atomic E-state index is 0.582. The zero-order valence-electron chi connectivity index (χ0n) is 6.84. The smallest absolute Gasteiger partial charge is 0.150 e. The largest absolute Gasteiger partial charge is 0.298 e. The maximum absolute atomic E-state index is 10.5. The lowest BCUT2D eigenvalue weighted by Crippen LogP contribution is -1.81. The summed E-state index contributed by atoms with van der Waals surface area (Å²) in [6.45, 7) is 0. The van der Waals surface area contributed by atoms with Crippen molar-refractivity contribution in [3.63, 3.8) is 0 Å². The second-order valence-electron chi connectivity index (χ2n) is 2.49. The topological polar surface area (TPSA) is 17.1 Å². The SMILES string of the molecule is O=Cc1cc(Cl)cc(C=CCBr)c1. The molecule has 0 aliphatic carbocycles. The molecule has 0 N–H and O–H groups in total. The number of hydrogen-bond acceptors (Lipinski definition) is 1. The fraction of sp³-hybridized carbons (Fsp3) is 0.100. The minimum absolute atomic E-state index is 0.582. The van der Waals surface area contributed by atoms with Crippen molar-refractivity contribution >= 4 is 39.9 Å². The number of carbonyl (C=O) groups excluding carboxylic acids is 1. The van der Waals surface area contributed by atoms with Crippen LogP contribution in [0.1, 0.15) is 15.9 Å². The molecule has 0 amide bonds. The summed E-state index contributed by atoms with van der Waals surface area (Å²) in [5.74, 6) is 0. The Kier molecular flexibility index (Phi) is 4.19. The van der Waals surface area contributed by atoms with E-state index in [1.807, 2.05) is 18.2 Å². The zero-order valence-corrected chi connectivity index (χ0v) is 9.18. The number of rotatable bonds is 3. The van der Waals surface area contributed by atoms with E-state index in [0.717, 1.165) is 17.2 Å². The average molecular weight is 260 g/mol. The van der Waals surface area contributed by atoms with E-state index in [1.165, 1.54) is 0 Å². The number of aldehydes is 1. The molecule has 0 radical (unpaired) electrons. The molecular weight excluding hydrogens is 251 g/mol. The Labute approximate surface area is 90.5 Å². The van der Waals surface area contributed by atoms with Crippen LogP contribution in [-0.2, 0) is 0 Å². The van der Waals surface area contributed by atoms with Gasteiger partial charge in [0.15, 0.2) is 0 Å². The zero-order chi connectivity index (χ0) is 9.68. The number of allylic oxidation sites excluding steroid dienone is 1. The molecule has 1 aromatic rings. The highest BCUT2D eigenvalue weighted by Crippen LogP contribution is 2.15. The molecule has 0 spiro atoms. The van der Waals surface area contributed by atoms with Gasteiger partial charge in [-0.3, -0.25) is 4.79 Å². The summed E-state index contributed by atoms with van der Waals surface area (Å²) in [6.07, 6.45) is 4.64. The van der Waals surface area contributed by atoms with Crippen molar-refractivity contribution in [1.29, 1.82) is 0 Å². The molecule has 1 rings (SSSR count). The molecule has 0 fully saturated rings. The van der Waals surface area contributed by atoms with Crippen LogP contribution >= 0.6 is 27.5 Å². The summed E-state index contributed by atoms with van der Waals surface area (Å²) < 4.78 is 0. The predicted octanol–water partition coefficient (Wildman–Crippen LogP) is 3.56. The van der Waals surface area contributed by atoms with Crippen LogP contribution < -0.4 is 0 Å². The Morgan fingerprint density at radius 3 is 2.62 bits per heavy atom. The van der Waals surface area contributed by atoms with Crippen LogP contribution in [0.3, 0.4) is 0 Å². The lowest BCUT2D eigenvalue weighted by Gasteiger charge is -1.96. The molecule has 0 aliphatic rings. The van der Waals surface area contributed by atoms with Crippen LogP contribution in [0.25, 0.3) is 6.08 Å². The maximum Gasteiger partial charge on any atom is 0.150 e. The first-order valence-corrected chi connectivity index (χ1v) is 5.24. The van der Waals surface area contributed by atoms with Gasteiger partial charge in [0, 0.05) is 15.9 Å². The van der Waals surface area contributed by atoms with Gasteiger partial charge in [-0.05, 0) is 23.8 Å². The quantitative estimate of drug-likeness (QED) is 0.599. The number of alkyl halides is 1. The Morgan fingerprint density at radius 1 is 1.31 bits per heavy atom. The van der Waals surface area contributed by atoms with Gasteiger partial charge >= 0.3 is 0 Å². The molecule has 0 aromatic heterocycles. The molecule has 0 atom stereocenters. The van der Waals surface area contributed by atoms with Crippen LogP contribution in [0.2, 0.25) is 5.02 Å². The van der Waals surface area contributed by atoms with E-state index in [2.05, 4.69) is 15.9 Å². The number of hydrogen-bond donors (Lipinski definition) is 0. The molecule has 0 saturated carbocycles. The van der Waals surface area contributed by atoms with Crippen LogP contribution in [0.15, 0.2) is 24.3 Å². The lowest BCUT2D eigenvalue weighted by atomic mass is 10.1. The summed E-state index contributed by atoms with van der Waals surface area (Å²) in [7, 11) is 0. The standard InChI is InChI=1S/C10H8BrClO/c11-3-1-2-8-4-9(7-13)6-10(12)5-8/h1-2,4-7H,3H2. The Morgan fingerprint density at radius 2 is 2.00 bits per heavy atom. The van der Waals surface area contributed by atoms with Gasteiger partial charge in [0.05, 0.1) is 0 Å². The molecule has 0 saturated heterocycles. The Balaban J connectivity index is 3.01. The lowest BCUT2D eigenvalue weighted by molar-refractivity contribution is 0.112. The molecule has 1 nitrogen and oxygen atoms in total. The van der Waals surface area contributed by atoms with Crippen LogP contribution in [0.4, 0.5) is 0 Å². The van der Waals surface area contributed by atoms with E-state index in [1.54, 1.807) is 12.1 Å². The first kappa shape index (κ1) is 10.5. The van der Waals surface area contributed by atoms with E-state index >= 15 is 0 Å². The third kappa shape index (κ3) is 3.33. The van der Waals surface area contributed by atoms with Crippen molar-refractivity contribution in [3.8, 4) is 0 Å². The second-order valence-corrected chi connectivity index (χ2v) is 3.58. The van der Waals surface area contributed by atoms with E-state index in [9.17, 15) is 4.79 Å². The summed E-state index contributed by atoms with van der Waals surface area (Å²) in [6, 6.07) is 5.24. The van der Waals surface area contributed by atoms with Crippen molar-refractivity contribution in [2.75, 3.05) is 5.33 Å². The van der Waals surface area contributed by atoms with Gasteiger partial charge in [0.2, 0.25) is 0 Å². The van der Waals surface area contributed by atoms with Crippen molar-refractivity contribution in [3.05, 3.63) is 40.4 Å². The molecule has 1 aromatic carbocycles. The molecule has 13 heavy (non-hydrogen) atoms. The average Bonchev–Trinajstić information content (AvgIpc) is 2.14. The Bertz CT molecular complexity index is 334. The normalized spacial score (nSPS) is 10.6. The monoisotopic (exact) mass is 258 g/mol. The van der Waals surface area contributed by atoms with E-state index in [0.29, 0.717) is 10.6 Å². The van der Waals surface area contributed by atoms with Crippen LogP contribution in [-0.4, -0.2) is 11.6 Å². The van der Waals surface area contributed by atoms with Crippen molar-refractivity contribution < 1.29 is 4.79 Å². The third-order valence-electron chi connectivity index (χ3n) is 1.48. The maximum atomic E-state index is 10.5. The van der Waals surface area contributed by atoms with E-state index in [-0.39, 0.29) is 0 Å². The first-order chi connectivity index (χ1) is 6.26. The van der Waals surface area contributed by atoms with E-state index < -0.39 is 0 Å². The summed E-state index contributed by atoms with van der Waals surface area (Å²) in [5, 5.41) is 1.37. The van der Waals surface area contributed by atoms with Crippen LogP contribution in [0, 0.1) is 0 Å². The number of carbonyl (C=O) groups is 1. The second kappa shape index (κ2) is 5.20. The van der Waals surface area contributed by atoms with Gasteiger partial charge in [-0.25, -0.2) is 0 Å². The highest BCUT2D eigenvalue weighted by molar-refractivity contribution is 9.09. The first-order valence-electron chi connectivity index (χ1n) is 3.74. The highest BCUT2D eigenvalue weighted by Gasteiger charge is 1.95. The van der Waals surface area contributed by atoms with Gasteiger partial charge < -0.3 is 0 Å². The van der Waals surface area contributed by atoms with Crippen molar-refractivity contribution in [2.24, 2.45) is 0 Å². The van der Waals surface area contributed by atoms with Gasteiger partial charge in [0.25, 0.3) is 0 Å². The van der Waals surface area contributed by atoms with Gasteiger partial charge in [0.1, 0.15) is 6.29 Å². The minimum Gasteiger partial charge on any atom is -0.298 e.